The summed E-state index contributed by atoms with van der Waals surface area (Å²) in [6, 6.07) is 6.30. The van der Waals surface area contributed by atoms with Gasteiger partial charge in [-0.25, -0.2) is 8.42 Å². The summed E-state index contributed by atoms with van der Waals surface area (Å²) in [6.07, 6.45) is 3.50. The van der Waals surface area contributed by atoms with Crippen LogP contribution >= 0.6 is 0 Å². The van der Waals surface area contributed by atoms with Crippen molar-refractivity contribution in [3.63, 3.8) is 0 Å². The number of aromatic nitrogens is 2. The van der Waals surface area contributed by atoms with Gasteiger partial charge in [-0.3, -0.25) is 9.48 Å². The van der Waals surface area contributed by atoms with Crippen LogP contribution in [0.3, 0.4) is 0 Å². The van der Waals surface area contributed by atoms with Gasteiger partial charge in [0.05, 0.1) is 10.5 Å². The van der Waals surface area contributed by atoms with Gasteiger partial charge < -0.3 is 0 Å². The Morgan fingerprint density at radius 1 is 1.22 bits per heavy atom. The van der Waals surface area contributed by atoms with Crippen LogP contribution in [0, 0.1) is 0 Å². The van der Waals surface area contributed by atoms with E-state index in [4.69, 9.17) is 0 Å². The van der Waals surface area contributed by atoms with Crippen molar-refractivity contribution in [2.24, 2.45) is 7.05 Å². The molecule has 0 amide bonds. The molecule has 0 N–H and O–H groups in total. The van der Waals surface area contributed by atoms with Crippen LogP contribution in [0.4, 0.5) is 0 Å². The number of carbonyl (C=O) groups is 1. The number of carbonyl (C=O) groups excluding carboxylic acids is 1. The largest absolute Gasteiger partial charge is 0.298 e. The van der Waals surface area contributed by atoms with E-state index in [0.717, 1.165) is 12.5 Å². The minimum absolute atomic E-state index is 0.245. The summed E-state index contributed by atoms with van der Waals surface area (Å²) in [6.45, 7) is 0. The molecule has 0 unspecified atom stereocenters. The Hall–Kier alpha value is -1.95. The van der Waals surface area contributed by atoms with Crippen molar-refractivity contribution in [2.75, 3.05) is 6.26 Å². The summed E-state index contributed by atoms with van der Waals surface area (Å²) in [5.74, 6) is 0. The highest BCUT2D eigenvalue weighted by Gasteiger charge is 2.11. The van der Waals surface area contributed by atoms with Crippen molar-refractivity contribution in [3.05, 3.63) is 36.0 Å². The second-order valence-electron chi connectivity index (χ2n) is 4.02. The van der Waals surface area contributed by atoms with E-state index in [1.165, 1.54) is 12.1 Å². The molecule has 18 heavy (non-hydrogen) atoms. The van der Waals surface area contributed by atoms with Gasteiger partial charge in [0, 0.05) is 25.1 Å². The van der Waals surface area contributed by atoms with Crippen molar-refractivity contribution in [3.8, 4) is 11.3 Å². The normalized spacial score (nSPS) is 11.4. The molecule has 0 atom stereocenters. The third-order valence-corrected chi connectivity index (χ3v) is 3.67. The quantitative estimate of drug-likeness (QED) is 0.784. The molecule has 0 aliphatic heterocycles. The number of aryl methyl sites for hydroxylation is 1. The van der Waals surface area contributed by atoms with Crippen molar-refractivity contribution < 1.29 is 13.2 Å². The molecule has 0 bridgehead atoms. The van der Waals surface area contributed by atoms with E-state index in [0.29, 0.717) is 16.8 Å². The topological polar surface area (TPSA) is 69.0 Å². The minimum Gasteiger partial charge on any atom is -0.298 e. The first-order chi connectivity index (χ1) is 8.41. The molecule has 1 aromatic carbocycles. The average Bonchev–Trinajstić information content (AvgIpc) is 2.69. The molecular formula is C12H12N2O3S. The third kappa shape index (κ3) is 2.33. The van der Waals surface area contributed by atoms with Gasteiger partial charge in [-0.15, -0.1) is 0 Å². The van der Waals surface area contributed by atoms with Crippen LogP contribution in [0.25, 0.3) is 11.3 Å². The zero-order valence-corrected chi connectivity index (χ0v) is 10.8. The van der Waals surface area contributed by atoms with E-state index in [9.17, 15) is 13.2 Å². The Morgan fingerprint density at radius 2 is 1.83 bits per heavy atom. The summed E-state index contributed by atoms with van der Waals surface area (Å²) >= 11 is 0. The van der Waals surface area contributed by atoms with Crippen LogP contribution < -0.4 is 0 Å². The number of sulfone groups is 1. The highest BCUT2D eigenvalue weighted by atomic mass is 32.2. The van der Waals surface area contributed by atoms with Crippen molar-refractivity contribution >= 4 is 16.1 Å². The van der Waals surface area contributed by atoms with Crippen LogP contribution in [0.15, 0.2) is 35.4 Å². The van der Waals surface area contributed by atoms with E-state index < -0.39 is 9.84 Å². The molecule has 2 rings (SSSR count). The highest BCUT2D eigenvalue weighted by Crippen LogP contribution is 2.22. The summed E-state index contributed by atoms with van der Waals surface area (Å²) in [4.78, 5) is 11.1. The second kappa shape index (κ2) is 4.38. The molecule has 1 heterocycles. The zero-order valence-electron chi connectivity index (χ0n) is 9.99. The van der Waals surface area contributed by atoms with Gasteiger partial charge in [-0.1, -0.05) is 12.1 Å². The summed E-state index contributed by atoms with van der Waals surface area (Å²) in [5.41, 5.74) is 1.74. The van der Waals surface area contributed by atoms with Gasteiger partial charge in [-0.2, -0.15) is 5.10 Å². The number of aldehydes is 1. The Balaban J connectivity index is 2.49. The molecule has 2 aromatic rings. The van der Waals surface area contributed by atoms with Gasteiger partial charge in [0.25, 0.3) is 0 Å². The van der Waals surface area contributed by atoms with E-state index in [-0.39, 0.29) is 4.90 Å². The van der Waals surface area contributed by atoms with Crippen molar-refractivity contribution in [2.45, 2.75) is 4.90 Å². The third-order valence-electron chi connectivity index (χ3n) is 2.54. The number of hydrogen-bond acceptors (Lipinski definition) is 4. The van der Waals surface area contributed by atoms with E-state index in [2.05, 4.69) is 5.10 Å². The Morgan fingerprint density at radius 3 is 2.33 bits per heavy atom. The monoisotopic (exact) mass is 264 g/mol. The van der Waals surface area contributed by atoms with Gasteiger partial charge >= 0.3 is 0 Å². The highest BCUT2D eigenvalue weighted by molar-refractivity contribution is 7.90. The van der Waals surface area contributed by atoms with Gasteiger partial charge in [0.1, 0.15) is 5.69 Å². The predicted octanol–water partition coefficient (Wildman–Crippen LogP) is 1.30. The molecule has 0 saturated carbocycles. The van der Waals surface area contributed by atoms with E-state index in [1.807, 2.05) is 0 Å². The molecule has 0 spiro atoms. The lowest BCUT2D eigenvalue weighted by Crippen LogP contribution is -1.96. The second-order valence-corrected chi connectivity index (χ2v) is 6.04. The molecule has 0 aliphatic rings. The fourth-order valence-corrected chi connectivity index (χ4v) is 2.31. The molecule has 1 aromatic heterocycles. The van der Waals surface area contributed by atoms with Crippen molar-refractivity contribution in [1.82, 2.24) is 9.78 Å². The molecule has 0 radical (unpaired) electrons. The Bertz CT molecular complexity index is 685. The maximum Gasteiger partial charge on any atom is 0.175 e. The smallest absolute Gasteiger partial charge is 0.175 e. The lowest BCUT2D eigenvalue weighted by atomic mass is 10.1. The Kier molecular flexibility index (Phi) is 3.04. The van der Waals surface area contributed by atoms with Gasteiger partial charge in [-0.05, 0) is 12.1 Å². The Labute approximate surface area is 105 Å². The standard InChI is InChI=1S/C12H12N2O3S/c1-14-7-10(8-15)12(13-14)9-3-5-11(6-4-9)18(2,16)17/h3-8H,1-2H3. The fraction of sp³-hybridized carbons (Fsp3) is 0.167. The van der Waals surface area contributed by atoms with Crippen LogP contribution in [0.5, 0.6) is 0 Å². The number of hydrogen-bond donors (Lipinski definition) is 0. The summed E-state index contributed by atoms with van der Waals surface area (Å²) in [5, 5.41) is 4.18. The lowest BCUT2D eigenvalue weighted by Gasteiger charge is -2.01. The van der Waals surface area contributed by atoms with E-state index in [1.54, 1.807) is 30.1 Å². The van der Waals surface area contributed by atoms with Crippen LogP contribution in [0.1, 0.15) is 10.4 Å². The maximum atomic E-state index is 11.3. The number of benzene rings is 1. The number of nitrogens with zero attached hydrogens (tertiary/aromatic N) is 2. The molecule has 94 valence electrons. The molecule has 5 nitrogen and oxygen atoms in total. The molecule has 0 aliphatic carbocycles. The van der Waals surface area contributed by atoms with Crippen molar-refractivity contribution in [1.29, 1.82) is 0 Å². The SMILES string of the molecule is Cn1cc(C=O)c(-c2ccc(S(C)(=O)=O)cc2)n1. The van der Waals surface area contributed by atoms with Crippen LogP contribution in [-0.4, -0.2) is 30.7 Å². The fourth-order valence-electron chi connectivity index (χ4n) is 1.68. The van der Waals surface area contributed by atoms with Crippen LogP contribution in [0.2, 0.25) is 0 Å². The molecular weight excluding hydrogens is 252 g/mol. The van der Waals surface area contributed by atoms with Crippen LogP contribution in [-0.2, 0) is 16.9 Å². The first-order valence-corrected chi connectivity index (χ1v) is 7.10. The molecule has 0 fully saturated rings. The predicted molar refractivity (Wildman–Crippen MR) is 67.1 cm³/mol. The summed E-state index contributed by atoms with van der Waals surface area (Å²) in [7, 11) is -1.48. The number of rotatable bonds is 3. The zero-order chi connectivity index (χ0) is 13.3. The minimum atomic E-state index is -3.21. The molecule has 0 saturated heterocycles. The maximum absolute atomic E-state index is 11.3. The lowest BCUT2D eigenvalue weighted by molar-refractivity contribution is 0.112. The van der Waals surface area contributed by atoms with Gasteiger partial charge in [0.15, 0.2) is 16.1 Å². The van der Waals surface area contributed by atoms with Gasteiger partial charge in [0.2, 0.25) is 0 Å². The summed E-state index contributed by atoms with van der Waals surface area (Å²) < 4.78 is 24.2. The first kappa shape index (κ1) is 12.5. The molecule has 6 heteroatoms. The van der Waals surface area contributed by atoms with E-state index >= 15 is 0 Å². The average molecular weight is 264 g/mol. The first-order valence-electron chi connectivity index (χ1n) is 5.21.